The molecule has 0 rings (SSSR count). The third kappa shape index (κ3) is 10.4. The second-order valence-electron chi connectivity index (χ2n) is 3.06. The minimum absolute atomic E-state index is 0. The van der Waals surface area contributed by atoms with Gasteiger partial charge in [0.15, 0.2) is 6.10 Å². The van der Waals surface area contributed by atoms with Crippen LogP contribution in [0.25, 0.3) is 0 Å². The van der Waals surface area contributed by atoms with Crippen molar-refractivity contribution in [3.05, 3.63) is 0 Å². The fraction of sp³-hybridized carbons (Fsp3) is 0.889. The Morgan fingerprint density at radius 3 is 2.31 bits per heavy atom. The summed E-state index contributed by atoms with van der Waals surface area (Å²) in [5.41, 5.74) is 0. The minimum atomic E-state index is -1.16. The van der Waals surface area contributed by atoms with E-state index < -0.39 is 12.1 Å². The molecular weight excluding hydrogens is 179 g/mol. The first-order valence-electron chi connectivity index (χ1n) is 4.59. The van der Waals surface area contributed by atoms with Crippen molar-refractivity contribution >= 4 is 5.97 Å². The number of hydrogen-bond donors (Lipinski definition) is 2. The van der Waals surface area contributed by atoms with Gasteiger partial charge in [-0.15, -0.1) is 0 Å². The van der Waals surface area contributed by atoms with E-state index in [0.29, 0.717) is 6.42 Å². The van der Waals surface area contributed by atoms with Crippen molar-refractivity contribution in [2.45, 2.75) is 51.6 Å². The van der Waals surface area contributed by atoms with Crippen molar-refractivity contribution in [2.75, 3.05) is 0 Å². The van der Waals surface area contributed by atoms with Crippen molar-refractivity contribution in [2.24, 2.45) is 0 Å². The zero-order chi connectivity index (χ0) is 9.40. The number of unbranched alkanes of at least 4 members (excludes halogenated alkanes) is 4. The van der Waals surface area contributed by atoms with Crippen LogP contribution in [0.1, 0.15) is 46.9 Å². The van der Waals surface area contributed by atoms with Gasteiger partial charge in [-0.05, 0) is 6.42 Å². The van der Waals surface area contributed by atoms with Crippen molar-refractivity contribution in [3.63, 3.8) is 0 Å². The first kappa shape index (κ1) is 15.9. The van der Waals surface area contributed by atoms with E-state index >= 15 is 0 Å². The van der Waals surface area contributed by atoms with Crippen LogP contribution in [-0.2, 0) is 4.79 Å². The van der Waals surface area contributed by atoms with E-state index in [0.717, 1.165) is 19.3 Å². The van der Waals surface area contributed by atoms with Crippen molar-refractivity contribution in [3.8, 4) is 0 Å². The van der Waals surface area contributed by atoms with E-state index in [9.17, 15) is 4.79 Å². The van der Waals surface area contributed by atoms with Crippen LogP contribution in [0.3, 0.4) is 0 Å². The molecule has 13 heavy (non-hydrogen) atoms. The molecule has 1 unspecified atom stereocenters. The van der Waals surface area contributed by atoms with Gasteiger partial charge in [0.1, 0.15) is 0 Å². The number of carboxylic acids is 1. The zero-order valence-electron chi connectivity index (χ0n) is 9.62. The minimum Gasteiger partial charge on any atom is -1.00 e. The molecule has 0 aromatic carbocycles. The van der Waals surface area contributed by atoms with Crippen LogP contribution in [0.5, 0.6) is 0 Å². The van der Waals surface area contributed by atoms with Gasteiger partial charge in [0.25, 0.3) is 0 Å². The Labute approximate surface area is 103 Å². The number of aliphatic hydroxyl groups excluding tert-OH is 1. The zero-order valence-corrected chi connectivity index (χ0v) is 10.6. The van der Waals surface area contributed by atoms with Crippen LogP contribution in [-0.4, -0.2) is 22.3 Å². The second kappa shape index (κ2) is 10.5. The van der Waals surface area contributed by atoms with Crippen LogP contribution in [0.15, 0.2) is 0 Å². The SMILES string of the molecule is CCCCCCCC(O)C(=O)O.[H-].[Na+]. The summed E-state index contributed by atoms with van der Waals surface area (Å²) < 4.78 is 0. The predicted octanol–water partition coefficient (Wildman–Crippen LogP) is -1.09. The molecule has 0 bridgehead atoms. The maximum absolute atomic E-state index is 10.2. The Balaban J connectivity index is -0.000000605. The molecule has 0 heterocycles. The van der Waals surface area contributed by atoms with E-state index in [1.165, 1.54) is 12.8 Å². The van der Waals surface area contributed by atoms with Gasteiger partial charge in [0.2, 0.25) is 0 Å². The quantitative estimate of drug-likeness (QED) is 0.403. The Hall–Kier alpha value is 0.430. The van der Waals surface area contributed by atoms with Crippen molar-refractivity contribution in [1.29, 1.82) is 0 Å². The molecule has 0 radical (unpaired) electrons. The Bertz CT molecular complexity index is 133. The largest absolute Gasteiger partial charge is 1.00 e. The van der Waals surface area contributed by atoms with Crippen LogP contribution in [0.2, 0.25) is 0 Å². The van der Waals surface area contributed by atoms with Crippen molar-refractivity contribution < 1.29 is 46.0 Å². The van der Waals surface area contributed by atoms with Crippen LogP contribution >= 0.6 is 0 Å². The summed E-state index contributed by atoms with van der Waals surface area (Å²) >= 11 is 0. The molecule has 1 atom stereocenters. The van der Waals surface area contributed by atoms with E-state index in [-0.39, 0.29) is 31.0 Å². The number of aliphatic hydroxyl groups is 1. The molecule has 0 amide bonds. The molecule has 2 N–H and O–H groups in total. The molecule has 0 fully saturated rings. The Morgan fingerprint density at radius 1 is 1.31 bits per heavy atom. The Morgan fingerprint density at radius 2 is 1.85 bits per heavy atom. The average Bonchev–Trinajstić information content (AvgIpc) is 2.03. The summed E-state index contributed by atoms with van der Waals surface area (Å²) in [4.78, 5) is 10.2. The normalized spacial score (nSPS) is 11.8. The van der Waals surface area contributed by atoms with Gasteiger partial charge in [-0.2, -0.15) is 0 Å². The summed E-state index contributed by atoms with van der Waals surface area (Å²) in [6, 6.07) is 0. The molecule has 0 aromatic heterocycles. The number of carbonyl (C=O) groups is 1. The summed E-state index contributed by atoms with van der Waals surface area (Å²) in [6.07, 6.45) is 4.59. The van der Waals surface area contributed by atoms with Crippen molar-refractivity contribution in [1.82, 2.24) is 0 Å². The van der Waals surface area contributed by atoms with E-state index in [2.05, 4.69) is 6.92 Å². The van der Waals surface area contributed by atoms with Gasteiger partial charge < -0.3 is 11.6 Å². The third-order valence-electron chi connectivity index (χ3n) is 1.87. The van der Waals surface area contributed by atoms with Crippen LogP contribution < -0.4 is 29.6 Å². The van der Waals surface area contributed by atoms with Gasteiger partial charge in [0, 0.05) is 0 Å². The summed E-state index contributed by atoms with van der Waals surface area (Å²) in [5, 5.41) is 17.2. The topological polar surface area (TPSA) is 57.5 Å². The van der Waals surface area contributed by atoms with Gasteiger partial charge in [-0.3, -0.25) is 0 Å². The number of rotatable bonds is 7. The first-order chi connectivity index (χ1) is 5.68. The standard InChI is InChI=1S/C9H18O3.Na.H/c1-2-3-4-5-6-7-8(10)9(11)12;;/h8,10H,2-7H2,1H3,(H,11,12);;/q;+1;-1. The molecule has 0 saturated heterocycles. The molecule has 0 aliphatic heterocycles. The summed E-state index contributed by atoms with van der Waals surface area (Å²) in [6.45, 7) is 2.13. The second-order valence-corrected chi connectivity index (χ2v) is 3.06. The fourth-order valence-electron chi connectivity index (χ4n) is 1.06. The van der Waals surface area contributed by atoms with Crippen LogP contribution in [0.4, 0.5) is 0 Å². The molecule has 0 aromatic rings. The molecule has 4 heteroatoms. The third-order valence-corrected chi connectivity index (χ3v) is 1.87. The fourth-order valence-corrected chi connectivity index (χ4v) is 1.06. The molecule has 0 aliphatic carbocycles. The van der Waals surface area contributed by atoms with E-state index in [1.807, 2.05) is 0 Å². The van der Waals surface area contributed by atoms with Gasteiger partial charge in [0.05, 0.1) is 0 Å². The maximum atomic E-state index is 10.2. The molecule has 74 valence electrons. The maximum Gasteiger partial charge on any atom is 1.00 e. The number of aliphatic carboxylic acids is 1. The molecule has 3 nitrogen and oxygen atoms in total. The van der Waals surface area contributed by atoms with Gasteiger partial charge in [-0.1, -0.05) is 39.0 Å². The Kier molecular flexibility index (Phi) is 12.8. The number of hydrogen-bond acceptors (Lipinski definition) is 2. The monoisotopic (exact) mass is 198 g/mol. The molecule has 0 saturated carbocycles. The summed E-state index contributed by atoms with van der Waals surface area (Å²) in [5.74, 6) is -1.11. The van der Waals surface area contributed by atoms with Gasteiger partial charge >= 0.3 is 35.5 Å². The molecular formula is C9H19NaO3. The number of carboxylic acid groups (broad SMARTS) is 1. The molecule has 0 spiro atoms. The van der Waals surface area contributed by atoms with Crippen LogP contribution in [0, 0.1) is 0 Å². The average molecular weight is 198 g/mol. The predicted molar refractivity (Wildman–Crippen MR) is 48.1 cm³/mol. The first-order valence-corrected chi connectivity index (χ1v) is 4.59. The molecule has 0 aliphatic rings. The van der Waals surface area contributed by atoms with E-state index in [4.69, 9.17) is 10.2 Å². The van der Waals surface area contributed by atoms with E-state index in [1.54, 1.807) is 0 Å². The smallest absolute Gasteiger partial charge is 1.00 e. The van der Waals surface area contributed by atoms with Gasteiger partial charge in [-0.25, -0.2) is 4.79 Å². The summed E-state index contributed by atoms with van der Waals surface area (Å²) in [7, 11) is 0.